The average molecular weight is 324 g/mol. The lowest BCUT2D eigenvalue weighted by atomic mass is 9.83. The zero-order valence-corrected chi connectivity index (χ0v) is 12.7. The van der Waals surface area contributed by atoms with Crippen molar-refractivity contribution in [3.8, 4) is 11.5 Å². The van der Waals surface area contributed by atoms with Gasteiger partial charge in [-0.15, -0.1) is 11.3 Å². The summed E-state index contributed by atoms with van der Waals surface area (Å²) in [6, 6.07) is 15.0. The first-order chi connectivity index (χ1) is 11.1. The normalized spacial score (nSPS) is 19.4. The Kier molecular flexibility index (Phi) is 2.92. The van der Waals surface area contributed by atoms with Gasteiger partial charge in [0, 0.05) is 5.56 Å². The smallest absolute Gasteiger partial charge is 0.340 e. The van der Waals surface area contributed by atoms with Gasteiger partial charge in [0.05, 0.1) is 16.0 Å². The number of aromatic hydroxyl groups is 2. The van der Waals surface area contributed by atoms with Gasteiger partial charge in [-0.25, -0.2) is 4.79 Å². The molecule has 1 atom stereocenters. The van der Waals surface area contributed by atoms with E-state index in [0.717, 1.165) is 4.88 Å². The van der Waals surface area contributed by atoms with Crippen LogP contribution in [0.1, 0.15) is 26.4 Å². The van der Waals surface area contributed by atoms with Crippen molar-refractivity contribution < 1.29 is 19.7 Å². The second-order valence-electron chi connectivity index (χ2n) is 5.30. The van der Waals surface area contributed by atoms with Crippen LogP contribution in [0.4, 0.5) is 0 Å². The van der Waals surface area contributed by atoms with E-state index in [2.05, 4.69) is 0 Å². The summed E-state index contributed by atoms with van der Waals surface area (Å²) in [6.45, 7) is 0. The Bertz CT molecular complexity index is 901. The minimum atomic E-state index is -1.25. The molecule has 114 valence electrons. The Balaban J connectivity index is 2.10. The quantitative estimate of drug-likeness (QED) is 0.558. The van der Waals surface area contributed by atoms with Crippen LogP contribution < -0.4 is 0 Å². The highest BCUT2D eigenvalue weighted by Gasteiger charge is 2.50. The second-order valence-corrected chi connectivity index (χ2v) is 6.24. The number of hydrogen-bond acceptors (Lipinski definition) is 5. The van der Waals surface area contributed by atoms with E-state index < -0.39 is 11.6 Å². The van der Waals surface area contributed by atoms with E-state index in [9.17, 15) is 15.0 Å². The zero-order valence-electron chi connectivity index (χ0n) is 11.9. The predicted octanol–water partition coefficient (Wildman–Crippen LogP) is 3.62. The van der Waals surface area contributed by atoms with Crippen LogP contribution in [0.15, 0.2) is 60.0 Å². The molecule has 4 nitrogen and oxygen atoms in total. The van der Waals surface area contributed by atoms with E-state index in [1.807, 2.05) is 29.6 Å². The largest absolute Gasteiger partial charge is 0.508 e. The van der Waals surface area contributed by atoms with Crippen molar-refractivity contribution in [2.75, 3.05) is 0 Å². The molecular weight excluding hydrogens is 312 g/mol. The van der Waals surface area contributed by atoms with Gasteiger partial charge in [-0.3, -0.25) is 0 Å². The molecule has 0 saturated heterocycles. The average Bonchev–Trinajstić information content (AvgIpc) is 3.18. The number of rotatable bonds is 2. The van der Waals surface area contributed by atoms with Gasteiger partial charge in [0.2, 0.25) is 5.60 Å². The maximum atomic E-state index is 12.4. The van der Waals surface area contributed by atoms with Crippen LogP contribution in [-0.2, 0) is 10.3 Å². The molecule has 0 amide bonds. The molecule has 23 heavy (non-hydrogen) atoms. The van der Waals surface area contributed by atoms with Gasteiger partial charge >= 0.3 is 5.97 Å². The maximum absolute atomic E-state index is 12.4. The fourth-order valence-electron chi connectivity index (χ4n) is 3.02. The third-order valence-electron chi connectivity index (χ3n) is 4.00. The van der Waals surface area contributed by atoms with Crippen molar-refractivity contribution in [1.82, 2.24) is 0 Å². The molecule has 2 aromatic carbocycles. The van der Waals surface area contributed by atoms with Crippen LogP contribution in [-0.4, -0.2) is 16.2 Å². The molecule has 1 aromatic heterocycles. The number of carbonyl (C=O) groups excluding carboxylic acids is 1. The number of fused-ring (bicyclic) bond motifs is 1. The number of benzene rings is 2. The first-order valence-corrected chi connectivity index (χ1v) is 7.90. The van der Waals surface area contributed by atoms with Gasteiger partial charge < -0.3 is 14.9 Å². The van der Waals surface area contributed by atoms with Crippen LogP contribution in [0.2, 0.25) is 0 Å². The highest BCUT2D eigenvalue weighted by Crippen LogP contribution is 2.51. The standard InChI is InChI=1S/C18H12O4S/c19-11-7-8-15(20)14(10-11)18(16-6-3-9-23-16)13-5-2-1-4-12(13)17(21)22-18/h1-10,19-20H. The van der Waals surface area contributed by atoms with Crippen LogP contribution >= 0.6 is 11.3 Å². The summed E-state index contributed by atoms with van der Waals surface area (Å²) < 4.78 is 5.79. The predicted molar refractivity (Wildman–Crippen MR) is 85.8 cm³/mol. The summed E-state index contributed by atoms with van der Waals surface area (Å²) in [5, 5.41) is 22.1. The molecule has 0 saturated carbocycles. The number of hydrogen-bond donors (Lipinski definition) is 2. The van der Waals surface area contributed by atoms with Crippen LogP contribution in [0, 0.1) is 0 Å². The Morgan fingerprint density at radius 1 is 0.957 bits per heavy atom. The molecule has 0 bridgehead atoms. The Hall–Kier alpha value is -2.79. The second kappa shape index (κ2) is 4.86. The lowest BCUT2D eigenvalue weighted by molar-refractivity contribution is 0.0255. The number of esters is 1. The lowest BCUT2D eigenvalue weighted by Crippen LogP contribution is -2.28. The van der Waals surface area contributed by atoms with Crippen molar-refractivity contribution in [3.05, 3.63) is 81.5 Å². The van der Waals surface area contributed by atoms with Crippen molar-refractivity contribution >= 4 is 17.3 Å². The van der Waals surface area contributed by atoms with Crippen molar-refractivity contribution in [3.63, 3.8) is 0 Å². The van der Waals surface area contributed by atoms with Gasteiger partial charge in [-0.05, 0) is 35.7 Å². The molecule has 0 spiro atoms. The fraction of sp³-hybridized carbons (Fsp3) is 0.0556. The molecular formula is C18H12O4S. The van der Waals surface area contributed by atoms with Crippen molar-refractivity contribution in [2.24, 2.45) is 0 Å². The fourth-order valence-corrected chi connectivity index (χ4v) is 3.91. The van der Waals surface area contributed by atoms with Gasteiger partial charge in [0.25, 0.3) is 0 Å². The molecule has 1 unspecified atom stereocenters. The minimum absolute atomic E-state index is 0.00541. The summed E-state index contributed by atoms with van der Waals surface area (Å²) in [6.07, 6.45) is 0. The topological polar surface area (TPSA) is 66.8 Å². The van der Waals surface area contributed by atoms with E-state index in [-0.39, 0.29) is 11.5 Å². The van der Waals surface area contributed by atoms with Gasteiger partial charge in [0.1, 0.15) is 11.5 Å². The lowest BCUT2D eigenvalue weighted by Gasteiger charge is -2.29. The monoisotopic (exact) mass is 324 g/mol. The van der Waals surface area contributed by atoms with Crippen LogP contribution in [0.25, 0.3) is 0 Å². The number of phenols is 2. The summed E-state index contributed by atoms with van der Waals surface area (Å²) in [5.41, 5.74) is 0.222. The molecule has 5 heteroatoms. The molecule has 0 aliphatic carbocycles. The number of cyclic esters (lactones) is 1. The summed E-state index contributed by atoms with van der Waals surface area (Å²) in [4.78, 5) is 13.1. The first kappa shape index (κ1) is 13.8. The molecule has 1 aliphatic heterocycles. The number of ether oxygens (including phenoxy) is 1. The molecule has 0 radical (unpaired) electrons. The van der Waals surface area contributed by atoms with Crippen molar-refractivity contribution in [1.29, 1.82) is 0 Å². The molecule has 1 aliphatic rings. The van der Waals surface area contributed by atoms with Gasteiger partial charge in [0.15, 0.2) is 0 Å². The van der Waals surface area contributed by atoms with Gasteiger partial charge in [-0.1, -0.05) is 24.3 Å². The first-order valence-electron chi connectivity index (χ1n) is 7.02. The van der Waals surface area contributed by atoms with E-state index >= 15 is 0 Å². The third kappa shape index (κ3) is 1.87. The molecule has 0 fully saturated rings. The molecule has 2 heterocycles. The highest BCUT2D eigenvalue weighted by atomic mass is 32.1. The Labute approximate surface area is 136 Å². The molecule has 2 N–H and O–H groups in total. The van der Waals surface area contributed by atoms with Gasteiger partial charge in [-0.2, -0.15) is 0 Å². The van der Waals surface area contributed by atoms with E-state index in [1.165, 1.54) is 29.5 Å². The zero-order chi connectivity index (χ0) is 16.0. The molecule has 4 rings (SSSR count). The van der Waals surface area contributed by atoms with Crippen LogP contribution in [0.3, 0.4) is 0 Å². The SMILES string of the molecule is O=C1OC(c2cccs2)(c2cc(O)ccc2O)c2ccccc21. The Morgan fingerprint density at radius 3 is 2.57 bits per heavy atom. The Morgan fingerprint density at radius 2 is 1.78 bits per heavy atom. The minimum Gasteiger partial charge on any atom is -0.508 e. The number of thiophene rings is 1. The molecule has 3 aromatic rings. The summed E-state index contributed by atoms with van der Waals surface area (Å²) in [7, 11) is 0. The maximum Gasteiger partial charge on any atom is 0.340 e. The highest BCUT2D eigenvalue weighted by molar-refractivity contribution is 7.10. The van der Waals surface area contributed by atoms with E-state index in [4.69, 9.17) is 4.74 Å². The van der Waals surface area contributed by atoms with Crippen LogP contribution in [0.5, 0.6) is 11.5 Å². The van der Waals surface area contributed by atoms with E-state index in [0.29, 0.717) is 16.7 Å². The number of phenolic OH excluding ortho intramolecular Hbond substituents is 2. The summed E-state index contributed by atoms with van der Waals surface area (Å²) in [5.74, 6) is -0.494. The van der Waals surface area contributed by atoms with Crippen molar-refractivity contribution in [2.45, 2.75) is 5.60 Å². The third-order valence-corrected chi connectivity index (χ3v) is 4.97. The summed E-state index contributed by atoms with van der Waals surface area (Å²) >= 11 is 1.42. The van der Waals surface area contributed by atoms with E-state index in [1.54, 1.807) is 12.1 Å². The number of carbonyl (C=O) groups is 1.